The number of carbonyl (C=O) groups excluding carboxylic acids is 3. The lowest BCUT2D eigenvalue weighted by Gasteiger charge is -2.34. The van der Waals surface area contributed by atoms with Crippen LogP contribution in [0, 0.1) is 5.92 Å². The van der Waals surface area contributed by atoms with Gasteiger partial charge >= 0.3 is 0 Å². The number of nitrogens with one attached hydrogen (secondary N) is 2. The lowest BCUT2D eigenvalue weighted by molar-refractivity contribution is -0.142. The highest BCUT2D eigenvalue weighted by Crippen LogP contribution is 2.29. The van der Waals surface area contributed by atoms with E-state index in [1.54, 1.807) is 4.90 Å². The third-order valence-electron chi connectivity index (χ3n) is 5.67. The van der Waals surface area contributed by atoms with Gasteiger partial charge in [-0.25, -0.2) is 0 Å². The average Bonchev–Trinajstić information content (AvgIpc) is 3.14. The molecule has 2 N–H and O–H groups in total. The Morgan fingerprint density at radius 3 is 2.58 bits per heavy atom. The average molecular weight is 364 g/mol. The number of hydrogen-bond acceptors (Lipinski definition) is 3. The zero-order valence-electron chi connectivity index (χ0n) is 15.9. The fourth-order valence-corrected chi connectivity index (χ4v) is 4.21. The first kappa shape index (κ1) is 20.5. The Kier molecular flexibility index (Phi) is 8.13. The summed E-state index contributed by atoms with van der Waals surface area (Å²) < 4.78 is 0. The van der Waals surface area contributed by atoms with E-state index >= 15 is 0 Å². The summed E-state index contributed by atoms with van der Waals surface area (Å²) in [6, 6.07) is -0.868. The van der Waals surface area contributed by atoms with Crippen LogP contribution >= 0.6 is 0 Å². The summed E-state index contributed by atoms with van der Waals surface area (Å²) in [5.41, 5.74) is 0. The normalized spacial score (nSPS) is 23.1. The molecule has 0 aromatic rings. The molecule has 2 aliphatic rings. The molecule has 0 radical (unpaired) electrons. The molecule has 1 saturated carbocycles. The number of carbonyl (C=O) groups is 3. The Morgan fingerprint density at radius 2 is 1.92 bits per heavy atom. The minimum Gasteiger partial charge on any atom is -0.352 e. The molecule has 2 rings (SSSR count). The number of amides is 3. The highest BCUT2D eigenvalue weighted by molar-refractivity contribution is 5.91. The maximum Gasteiger partial charge on any atom is 0.246 e. The van der Waals surface area contributed by atoms with Crippen molar-refractivity contribution in [2.45, 2.75) is 82.8 Å². The van der Waals surface area contributed by atoms with Crippen LogP contribution in [0.2, 0.25) is 0 Å². The van der Waals surface area contributed by atoms with Gasteiger partial charge in [0.05, 0.1) is 0 Å². The van der Waals surface area contributed by atoms with Gasteiger partial charge in [0.1, 0.15) is 12.1 Å². The number of hydrogen-bond donors (Lipinski definition) is 2. The molecule has 6 heteroatoms. The second-order valence-electron chi connectivity index (χ2n) is 7.63. The molecule has 0 spiro atoms. The number of likely N-dealkylation sites (tertiary alicyclic amines) is 1. The first-order chi connectivity index (χ1) is 12.6. The van der Waals surface area contributed by atoms with Crippen molar-refractivity contribution < 1.29 is 14.4 Å². The Balaban J connectivity index is 2.01. The fourth-order valence-electron chi connectivity index (χ4n) is 4.21. The Labute approximate surface area is 156 Å². The summed E-state index contributed by atoms with van der Waals surface area (Å²) in [5.74, 6) is -0.00131. The number of rotatable bonds is 9. The van der Waals surface area contributed by atoms with E-state index in [1.807, 2.05) is 13.0 Å². The van der Waals surface area contributed by atoms with E-state index in [-0.39, 0.29) is 23.8 Å². The maximum atomic E-state index is 13.1. The largest absolute Gasteiger partial charge is 0.352 e. The minimum atomic E-state index is -0.501. The monoisotopic (exact) mass is 363 g/mol. The molecule has 3 atom stereocenters. The molecule has 26 heavy (non-hydrogen) atoms. The summed E-state index contributed by atoms with van der Waals surface area (Å²) in [5, 5.41) is 5.76. The van der Waals surface area contributed by atoms with Crippen molar-refractivity contribution in [1.29, 1.82) is 0 Å². The lowest BCUT2D eigenvalue weighted by Crippen LogP contribution is -2.55. The predicted molar refractivity (Wildman–Crippen MR) is 101 cm³/mol. The highest BCUT2D eigenvalue weighted by Gasteiger charge is 2.40. The zero-order chi connectivity index (χ0) is 18.9. The molecule has 6 nitrogen and oxygen atoms in total. The summed E-state index contributed by atoms with van der Waals surface area (Å²) in [7, 11) is 0. The fraction of sp³-hybridized carbons (Fsp3) is 0.750. The van der Waals surface area contributed by atoms with Crippen LogP contribution in [-0.4, -0.2) is 47.8 Å². The van der Waals surface area contributed by atoms with Gasteiger partial charge in [-0.15, -0.1) is 6.58 Å². The number of nitrogens with zero attached hydrogens (tertiary/aromatic N) is 1. The molecule has 146 valence electrons. The van der Waals surface area contributed by atoms with Crippen LogP contribution in [0.15, 0.2) is 12.7 Å². The van der Waals surface area contributed by atoms with Crippen LogP contribution < -0.4 is 10.6 Å². The van der Waals surface area contributed by atoms with E-state index in [1.165, 1.54) is 6.42 Å². The molecule has 1 heterocycles. The summed E-state index contributed by atoms with van der Waals surface area (Å²) in [4.78, 5) is 38.5. The standard InChI is InChI=1S/C20H33N3O3/c1-3-4-9-15(2)22-19(25)17-12-8-13-23(17)20(26)18(21-14-24)16-10-6-5-7-11-16/h3,14-18H,1,4-13H2,2H3,(H,21,24)(H,22,25). The molecular weight excluding hydrogens is 330 g/mol. The summed E-state index contributed by atoms with van der Waals surface area (Å²) in [6.45, 7) is 6.26. The molecular formula is C20H33N3O3. The van der Waals surface area contributed by atoms with Gasteiger partial charge < -0.3 is 15.5 Å². The molecule has 1 saturated heterocycles. The molecule has 0 bridgehead atoms. The van der Waals surface area contributed by atoms with Crippen LogP contribution in [0.25, 0.3) is 0 Å². The van der Waals surface area contributed by atoms with Crippen molar-refractivity contribution >= 4 is 18.2 Å². The third-order valence-corrected chi connectivity index (χ3v) is 5.67. The van der Waals surface area contributed by atoms with Crippen molar-refractivity contribution in [2.75, 3.05) is 6.54 Å². The van der Waals surface area contributed by atoms with Crippen LogP contribution in [-0.2, 0) is 14.4 Å². The molecule has 3 amide bonds. The Morgan fingerprint density at radius 1 is 1.19 bits per heavy atom. The molecule has 0 aromatic carbocycles. The first-order valence-corrected chi connectivity index (χ1v) is 10.00. The van der Waals surface area contributed by atoms with E-state index < -0.39 is 12.1 Å². The van der Waals surface area contributed by atoms with Gasteiger partial charge in [-0.2, -0.15) is 0 Å². The highest BCUT2D eigenvalue weighted by atomic mass is 16.2. The Hall–Kier alpha value is -1.85. The van der Waals surface area contributed by atoms with E-state index in [2.05, 4.69) is 17.2 Å². The van der Waals surface area contributed by atoms with Crippen molar-refractivity contribution in [2.24, 2.45) is 5.92 Å². The smallest absolute Gasteiger partial charge is 0.246 e. The Bertz CT molecular complexity index is 503. The van der Waals surface area contributed by atoms with E-state index in [4.69, 9.17) is 0 Å². The molecule has 2 fully saturated rings. The van der Waals surface area contributed by atoms with E-state index in [0.717, 1.165) is 44.9 Å². The van der Waals surface area contributed by atoms with E-state index in [9.17, 15) is 14.4 Å². The molecule has 1 aliphatic carbocycles. The minimum absolute atomic E-state index is 0.0558. The molecule has 3 unspecified atom stereocenters. The van der Waals surface area contributed by atoms with Gasteiger partial charge in [0.15, 0.2) is 0 Å². The van der Waals surface area contributed by atoms with Crippen molar-refractivity contribution in [1.82, 2.24) is 15.5 Å². The van der Waals surface area contributed by atoms with Crippen molar-refractivity contribution in [3.63, 3.8) is 0 Å². The van der Waals surface area contributed by atoms with Gasteiger partial charge in [-0.1, -0.05) is 25.3 Å². The second kappa shape index (κ2) is 10.3. The van der Waals surface area contributed by atoms with Crippen LogP contribution in [0.4, 0.5) is 0 Å². The lowest BCUT2D eigenvalue weighted by atomic mass is 9.83. The number of allylic oxidation sites excluding steroid dienone is 1. The van der Waals surface area contributed by atoms with Gasteiger partial charge in [0.2, 0.25) is 18.2 Å². The summed E-state index contributed by atoms with van der Waals surface area (Å²) >= 11 is 0. The van der Waals surface area contributed by atoms with Crippen LogP contribution in [0.1, 0.15) is 64.7 Å². The van der Waals surface area contributed by atoms with Gasteiger partial charge in [-0.3, -0.25) is 14.4 Å². The van der Waals surface area contributed by atoms with Gasteiger partial charge in [0, 0.05) is 12.6 Å². The van der Waals surface area contributed by atoms with Gasteiger partial charge in [-0.05, 0) is 51.4 Å². The SMILES string of the molecule is C=CCCC(C)NC(=O)C1CCCN1C(=O)C(NC=O)C1CCCCC1. The quantitative estimate of drug-likeness (QED) is 0.487. The van der Waals surface area contributed by atoms with Gasteiger partial charge in [0.25, 0.3) is 0 Å². The van der Waals surface area contributed by atoms with Crippen LogP contribution in [0.3, 0.4) is 0 Å². The molecule has 1 aliphatic heterocycles. The first-order valence-electron chi connectivity index (χ1n) is 10.00. The van der Waals surface area contributed by atoms with Crippen molar-refractivity contribution in [3.8, 4) is 0 Å². The molecule has 0 aromatic heterocycles. The van der Waals surface area contributed by atoms with Crippen molar-refractivity contribution in [3.05, 3.63) is 12.7 Å². The topological polar surface area (TPSA) is 78.5 Å². The van der Waals surface area contributed by atoms with E-state index in [0.29, 0.717) is 19.4 Å². The predicted octanol–water partition coefficient (Wildman–Crippen LogP) is 2.14. The third kappa shape index (κ3) is 5.32. The summed E-state index contributed by atoms with van der Waals surface area (Å²) in [6.07, 6.45) is 11.0. The zero-order valence-corrected chi connectivity index (χ0v) is 15.9. The maximum absolute atomic E-state index is 13.1. The van der Waals surface area contributed by atoms with Crippen LogP contribution in [0.5, 0.6) is 0 Å². The second-order valence-corrected chi connectivity index (χ2v) is 7.63.